The van der Waals surface area contributed by atoms with Crippen LogP contribution in [0.15, 0.2) is 59.5 Å². The largest absolute Gasteiger partial charge is 0.394 e. The number of rotatable bonds is 8. The Morgan fingerprint density at radius 2 is 1.86 bits per heavy atom. The summed E-state index contributed by atoms with van der Waals surface area (Å²) in [7, 11) is 0. The molecule has 1 amide bonds. The second-order valence-corrected chi connectivity index (χ2v) is 9.27. The van der Waals surface area contributed by atoms with Crippen molar-refractivity contribution in [3.63, 3.8) is 0 Å². The summed E-state index contributed by atoms with van der Waals surface area (Å²) in [6.07, 6.45) is 5.22. The van der Waals surface area contributed by atoms with Crippen molar-refractivity contribution in [2.75, 3.05) is 35.2 Å². The molecule has 1 fully saturated rings. The Morgan fingerprint density at radius 1 is 1.11 bits per heavy atom. The number of nitrogens with one attached hydrogen (secondary N) is 3. The molecule has 1 aliphatic heterocycles. The van der Waals surface area contributed by atoms with E-state index in [9.17, 15) is 14.7 Å². The zero-order valence-electron chi connectivity index (χ0n) is 20.3. The lowest BCUT2D eigenvalue weighted by Crippen LogP contribution is -2.29. The van der Waals surface area contributed by atoms with Gasteiger partial charge in [0.15, 0.2) is 0 Å². The van der Waals surface area contributed by atoms with Crippen molar-refractivity contribution < 1.29 is 9.90 Å². The van der Waals surface area contributed by atoms with Crippen LogP contribution in [0.1, 0.15) is 43.5 Å². The lowest BCUT2D eigenvalue weighted by Gasteiger charge is -2.28. The van der Waals surface area contributed by atoms with Crippen molar-refractivity contribution in [1.29, 1.82) is 0 Å². The molecule has 0 spiro atoms. The fraction of sp³-hybridized carbons (Fsp3) is 0.370. The first kappa shape index (κ1) is 24.5. The second kappa shape index (κ2) is 11.2. The average molecular weight is 476 g/mol. The molecule has 0 unspecified atom stereocenters. The SMILES string of the molecule is CC(C)[C@@H](CO)Nc1cccc(-c2c[nH]c(=O)c(NC(=O)c3ccc(N4CCCCC4)cc3)c2)n1. The lowest BCUT2D eigenvalue weighted by molar-refractivity contribution is 0.102. The molecule has 1 aliphatic rings. The molecule has 1 saturated heterocycles. The maximum absolute atomic E-state index is 12.8. The number of benzene rings is 1. The Labute approximate surface area is 205 Å². The third kappa shape index (κ3) is 6.08. The smallest absolute Gasteiger partial charge is 0.271 e. The number of aliphatic hydroxyl groups excluding tert-OH is 1. The summed E-state index contributed by atoms with van der Waals surface area (Å²) >= 11 is 0. The number of aromatic amines is 1. The fourth-order valence-corrected chi connectivity index (χ4v) is 4.18. The minimum Gasteiger partial charge on any atom is -0.394 e. The van der Waals surface area contributed by atoms with Gasteiger partial charge in [0.2, 0.25) is 0 Å². The average Bonchev–Trinajstić information content (AvgIpc) is 2.89. The van der Waals surface area contributed by atoms with Crippen LogP contribution in [0.5, 0.6) is 0 Å². The summed E-state index contributed by atoms with van der Waals surface area (Å²) in [4.78, 5) is 34.9. The number of hydrogen-bond donors (Lipinski definition) is 4. The van der Waals surface area contributed by atoms with E-state index >= 15 is 0 Å². The van der Waals surface area contributed by atoms with E-state index in [4.69, 9.17) is 0 Å². The zero-order chi connectivity index (χ0) is 24.8. The van der Waals surface area contributed by atoms with Crippen LogP contribution in [0.4, 0.5) is 17.2 Å². The van der Waals surface area contributed by atoms with Crippen LogP contribution in [-0.4, -0.2) is 46.7 Å². The van der Waals surface area contributed by atoms with Gasteiger partial charge in [-0.3, -0.25) is 9.59 Å². The molecule has 0 saturated carbocycles. The van der Waals surface area contributed by atoms with Gasteiger partial charge in [0.05, 0.1) is 18.3 Å². The molecular weight excluding hydrogens is 442 g/mol. The first-order valence-corrected chi connectivity index (χ1v) is 12.2. The Bertz CT molecular complexity index is 1200. The Morgan fingerprint density at radius 3 is 2.54 bits per heavy atom. The number of amides is 1. The third-order valence-electron chi connectivity index (χ3n) is 6.38. The molecule has 0 bridgehead atoms. The number of hydrogen-bond acceptors (Lipinski definition) is 6. The molecule has 8 nitrogen and oxygen atoms in total. The van der Waals surface area contributed by atoms with E-state index in [1.165, 1.54) is 19.3 Å². The summed E-state index contributed by atoms with van der Waals surface area (Å²) < 4.78 is 0. The van der Waals surface area contributed by atoms with Crippen LogP contribution in [0.2, 0.25) is 0 Å². The highest BCUT2D eigenvalue weighted by molar-refractivity contribution is 6.04. The minimum atomic E-state index is -0.388. The molecule has 184 valence electrons. The van der Waals surface area contributed by atoms with E-state index < -0.39 is 0 Å². The number of nitrogens with zero attached hydrogens (tertiary/aromatic N) is 2. The van der Waals surface area contributed by atoms with E-state index in [1.54, 1.807) is 24.4 Å². The first-order valence-electron chi connectivity index (χ1n) is 12.2. The monoisotopic (exact) mass is 475 g/mol. The van der Waals surface area contributed by atoms with Crippen LogP contribution in [0.3, 0.4) is 0 Å². The van der Waals surface area contributed by atoms with Crippen molar-refractivity contribution in [1.82, 2.24) is 9.97 Å². The highest BCUT2D eigenvalue weighted by atomic mass is 16.3. The molecular formula is C27H33N5O3. The topological polar surface area (TPSA) is 110 Å². The summed E-state index contributed by atoms with van der Waals surface area (Å²) in [5.74, 6) is 0.513. The highest BCUT2D eigenvalue weighted by Crippen LogP contribution is 2.22. The van der Waals surface area contributed by atoms with Gasteiger partial charge in [-0.25, -0.2) is 4.98 Å². The molecule has 2 aromatic heterocycles. The molecule has 35 heavy (non-hydrogen) atoms. The van der Waals surface area contributed by atoms with Gasteiger partial charge in [0.25, 0.3) is 11.5 Å². The van der Waals surface area contributed by atoms with E-state index in [1.807, 2.05) is 44.2 Å². The second-order valence-electron chi connectivity index (χ2n) is 9.27. The van der Waals surface area contributed by atoms with Crippen molar-refractivity contribution in [2.45, 2.75) is 39.2 Å². The van der Waals surface area contributed by atoms with Gasteiger partial charge in [0.1, 0.15) is 11.5 Å². The van der Waals surface area contributed by atoms with E-state index in [0.717, 1.165) is 18.8 Å². The molecule has 1 aromatic carbocycles. The number of carbonyl (C=O) groups is 1. The van der Waals surface area contributed by atoms with Gasteiger partial charge in [-0.1, -0.05) is 19.9 Å². The Hall–Kier alpha value is -3.65. The van der Waals surface area contributed by atoms with Crippen LogP contribution in [0, 0.1) is 5.92 Å². The van der Waals surface area contributed by atoms with Gasteiger partial charge in [-0.15, -0.1) is 0 Å². The van der Waals surface area contributed by atoms with Gasteiger partial charge in [-0.05, 0) is 67.6 Å². The summed E-state index contributed by atoms with van der Waals surface area (Å²) in [5.41, 5.74) is 2.66. The number of aliphatic hydroxyl groups is 1. The predicted octanol–water partition coefficient (Wildman–Crippen LogP) is 4.11. The van der Waals surface area contributed by atoms with Crippen molar-refractivity contribution in [3.05, 3.63) is 70.6 Å². The van der Waals surface area contributed by atoms with Gasteiger partial charge in [-0.2, -0.15) is 0 Å². The van der Waals surface area contributed by atoms with Gasteiger partial charge in [0, 0.05) is 36.1 Å². The van der Waals surface area contributed by atoms with E-state index in [0.29, 0.717) is 22.6 Å². The Kier molecular flexibility index (Phi) is 7.82. The number of piperidine rings is 1. The number of carbonyl (C=O) groups excluding carboxylic acids is 1. The number of pyridine rings is 2. The van der Waals surface area contributed by atoms with E-state index in [2.05, 4.69) is 25.5 Å². The van der Waals surface area contributed by atoms with Crippen molar-refractivity contribution >= 4 is 23.1 Å². The van der Waals surface area contributed by atoms with Crippen LogP contribution >= 0.6 is 0 Å². The molecule has 8 heteroatoms. The molecule has 4 rings (SSSR count). The zero-order valence-corrected chi connectivity index (χ0v) is 20.3. The number of H-pyrrole nitrogens is 1. The quantitative estimate of drug-likeness (QED) is 0.390. The van der Waals surface area contributed by atoms with Gasteiger partial charge < -0.3 is 25.6 Å². The third-order valence-corrected chi connectivity index (χ3v) is 6.38. The number of aromatic nitrogens is 2. The molecule has 3 heterocycles. The van der Waals surface area contributed by atoms with Crippen molar-refractivity contribution in [2.24, 2.45) is 5.92 Å². The normalized spacial score (nSPS) is 14.6. The van der Waals surface area contributed by atoms with Crippen molar-refractivity contribution in [3.8, 4) is 11.3 Å². The number of anilines is 3. The Balaban J connectivity index is 1.49. The molecule has 1 atom stereocenters. The van der Waals surface area contributed by atoms with Gasteiger partial charge >= 0.3 is 0 Å². The van der Waals surface area contributed by atoms with Crippen LogP contribution < -0.4 is 21.1 Å². The molecule has 0 radical (unpaired) electrons. The van der Waals surface area contributed by atoms with Crippen LogP contribution in [0.25, 0.3) is 11.3 Å². The predicted molar refractivity (Wildman–Crippen MR) is 140 cm³/mol. The fourth-order valence-electron chi connectivity index (χ4n) is 4.18. The maximum Gasteiger partial charge on any atom is 0.271 e. The lowest BCUT2D eigenvalue weighted by atomic mass is 10.1. The molecule has 0 aliphatic carbocycles. The summed E-state index contributed by atoms with van der Waals surface area (Å²) in [5, 5.41) is 15.6. The molecule has 4 N–H and O–H groups in total. The maximum atomic E-state index is 12.8. The summed E-state index contributed by atoms with van der Waals surface area (Å²) in [6.45, 7) is 6.12. The standard InChI is InChI=1S/C27H33N5O3/c1-18(2)24(17-33)30-25-8-6-7-22(29-25)20-15-23(27(35)28-16-20)31-26(34)19-9-11-21(12-10-19)32-13-4-3-5-14-32/h6-12,15-16,18,24,33H,3-5,13-14,17H2,1-2H3,(H,28,35)(H,29,30)(H,31,34)/t24-/m1/s1. The summed E-state index contributed by atoms with van der Waals surface area (Å²) in [6, 6.07) is 14.5. The minimum absolute atomic E-state index is 0.00256. The van der Waals surface area contributed by atoms with Crippen LogP contribution in [-0.2, 0) is 0 Å². The highest BCUT2D eigenvalue weighted by Gasteiger charge is 2.15. The molecule has 3 aromatic rings. The van der Waals surface area contributed by atoms with E-state index in [-0.39, 0.29) is 35.7 Å². The first-order chi connectivity index (χ1) is 16.9.